The maximum absolute atomic E-state index is 14.4. The van der Waals surface area contributed by atoms with Crippen LogP contribution in [0.1, 0.15) is 31.4 Å². The summed E-state index contributed by atoms with van der Waals surface area (Å²) in [6.07, 6.45) is 1.85. The van der Waals surface area contributed by atoms with Crippen LogP contribution in [0.15, 0.2) is 35.5 Å². The highest BCUT2D eigenvalue weighted by Crippen LogP contribution is 2.38. The van der Waals surface area contributed by atoms with Gasteiger partial charge in [-0.2, -0.15) is 0 Å². The lowest BCUT2D eigenvalue weighted by Crippen LogP contribution is -2.52. The van der Waals surface area contributed by atoms with E-state index < -0.39 is 11.9 Å². The van der Waals surface area contributed by atoms with Crippen LogP contribution in [-0.4, -0.2) is 54.1 Å². The molecule has 1 N–H and O–H groups in total. The number of amides is 3. The van der Waals surface area contributed by atoms with E-state index in [2.05, 4.69) is 5.32 Å². The van der Waals surface area contributed by atoms with Crippen molar-refractivity contribution in [2.75, 3.05) is 26.3 Å². The first-order valence-corrected chi connectivity index (χ1v) is 9.00. The number of urea groups is 1. The number of allylic oxidation sites excluding steroid dienone is 1. The number of hydrogen-bond acceptors (Lipinski definition) is 3. The Bertz CT molecular complexity index is 769. The quantitative estimate of drug-likeness (QED) is 0.900. The molecule has 7 heteroatoms. The Labute approximate surface area is 151 Å². The molecular weight excluding hydrogens is 337 g/mol. The third-order valence-corrected chi connectivity index (χ3v) is 5.18. The first kappa shape index (κ1) is 17.0. The largest absolute Gasteiger partial charge is 0.378 e. The van der Waals surface area contributed by atoms with Crippen molar-refractivity contribution < 1.29 is 18.7 Å². The molecular formula is C19H22FN3O3. The van der Waals surface area contributed by atoms with Crippen molar-refractivity contribution in [3.05, 3.63) is 46.9 Å². The molecule has 0 spiro atoms. The standard InChI is InChI=1S/C19H22FN3O3/c1-12-16(18(24)22-8-10-26-11-9-22)17(14-4-2-3-5-15(14)20)21-19(25)23(12)13-6-7-13/h2-5,13,17H,6-11H2,1H3,(H,21,25). The Kier molecular flexibility index (Phi) is 4.40. The second-order valence-corrected chi connectivity index (χ2v) is 6.91. The monoisotopic (exact) mass is 359 g/mol. The molecule has 1 aromatic rings. The number of halogens is 1. The molecule has 0 radical (unpaired) electrons. The topological polar surface area (TPSA) is 61.9 Å². The average molecular weight is 359 g/mol. The van der Waals surface area contributed by atoms with E-state index in [0.29, 0.717) is 43.1 Å². The van der Waals surface area contributed by atoms with E-state index in [1.165, 1.54) is 6.07 Å². The molecule has 26 heavy (non-hydrogen) atoms. The zero-order chi connectivity index (χ0) is 18.3. The second kappa shape index (κ2) is 6.72. The normalized spacial score (nSPS) is 23.9. The van der Waals surface area contributed by atoms with Gasteiger partial charge in [0.2, 0.25) is 0 Å². The molecule has 1 saturated heterocycles. The van der Waals surface area contributed by atoms with Gasteiger partial charge in [-0.05, 0) is 25.8 Å². The minimum absolute atomic E-state index is 0.129. The van der Waals surface area contributed by atoms with Crippen LogP contribution in [0.3, 0.4) is 0 Å². The van der Waals surface area contributed by atoms with Gasteiger partial charge in [0, 0.05) is 30.4 Å². The van der Waals surface area contributed by atoms with Gasteiger partial charge >= 0.3 is 6.03 Å². The number of carbonyl (C=O) groups is 2. The van der Waals surface area contributed by atoms with Crippen LogP contribution < -0.4 is 5.32 Å². The Morgan fingerprint density at radius 2 is 1.92 bits per heavy atom. The molecule has 4 rings (SSSR count). The summed E-state index contributed by atoms with van der Waals surface area (Å²) in [5.74, 6) is -0.595. The number of morpholine rings is 1. The average Bonchev–Trinajstić information content (AvgIpc) is 3.47. The summed E-state index contributed by atoms with van der Waals surface area (Å²) in [5.41, 5.74) is 1.39. The Hall–Kier alpha value is -2.41. The van der Waals surface area contributed by atoms with Crippen molar-refractivity contribution in [2.45, 2.75) is 31.8 Å². The fourth-order valence-corrected chi connectivity index (χ4v) is 3.69. The number of ether oxygens (including phenoxy) is 1. The van der Waals surface area contributed by atoms with Gasteiger partial charge in [-0.25, -0.2) is 9.18 Å². The van der Waals surface area contributed by atoms with E-state index in [1.54, 1.807) is 34.9 Å². The molecule has 1 saturated carbocycles. The van der Waals surface area contributed by atoms with Crippen molar-refractivity contribution in [3.63, 3.8) is 0 Å². The zero-order valence-electron chi connectivity index (χ0n) is 14.7. The van der Waals surface area contributed by atoms with Gasteiger partial charge in [-0.3, -0.25) is 9.69 Å². The maximum atomic E-state index is 14.4. The lowest BCUT2D eigenvalue weighted by atomic mass is 9.93. The van der Waals surface area contributed by atoms with E-state index in [9.17, 15) is 14.0 Å². The van der Waals surface area contributed by atoms with Gasteiger partial charge < -0.3 is 15.0 Å². The highest BCUT2D eigenvalue weighted by Gasteiger charge is 2.43. The van der Waals surface area contributed by atoms with Gasteiger partial charge in [0.1, 0.15) is 5.82 Å². The van der Waals surface area contributed by atoms with Crippen molar-refractivity contribution >= 4 is 11.9 Å². The SMILES string of the molecule is CC1=C(C(=O)N2CCOCC2)C(c2ccccc2F)NC(=O)N1C1CC1. The number of nitrogens with one attached hydrogen (secondary N) is 1. The fourth-order valence-electron chi connectivity index (χ4n) is 3.69. The molecule has 3 aliphatic rings. The molecule has 138 valence electrons. The molecule has 1 atom stereocenters. The van der Waals surface area contributed by atoms with E-state index >= 15 is 0 Å². The summed E-state index contributed by atoms with van der Waals surface area (Å²) in [5, 5.41) is 2.86. The highest BCUT2D eigenvalue weighted by atomic mass is 19.1. The number of hydrogen-bond donors (Lipinski definition) is 1. The summed E-state index contributed by atoms with van der Waals surface area (Å²) in [7, 11) is 0. The molecule has 6 nitrogen and oxygen atoms in total. The predicted octanol–water partition coefficient (Wildman–Crippen LogP) is 2.19. The molecule has 0 aromatic heterocycles. The first-order chi connectivity index (χ1) is 12.6. The highest BCUT2D eigenvalue weighted by molar-refractivity contribution is 5.98. The van der Waals surface area contributed by atoms with Crippen LogP contribution in [-0.2, 0) is 9.53 Å². The number of carbonyl (C=O) groups excluding carboxylic acids is 2. The van der Waals surface area contributed by atoms with E-state index in [1.807, 2.05) is 0 Å². The number of nitrogens with zero attached hydrogens (tertiary/aromatic N) is 2. The molecule has 2 fully saturated rings. The summed E-state index contributed by atoms with van der Waals surface area (Å²) in [6.45, 7) is 3.76. The van der Waals surface area contributed by atoms with Crippen LogP contribution in [0.25, 0.3) is 0 Å². The minimum atomic E-state index is -0.783. The lowest BCUT2D eigenvalue weighted by Gasteiger charge is -2.38. The third-order valence-electron chi connectivity index (χ3n) is 5.18. The van der Waals surface area contributed by atoms with E-state index in [4.69, 9.17) is 4.74 Å². The van der Waals surface area contributed by atoms with Crippen molar-refractivity contribution in [3.8, 4) is 0 Å². The van der Waals surface area contributed by atoms with Crippen LogP contribution >= 0.6 is 0 Å². The minimum Gasteiger partial charge on any atom is -0.378 e. The van der Waals surface area contributed by atoms with Gasteiger partial charge in [0.05, 0.1) is 24.8 Å². The predicted molar refractivity (Wildman–Crippen MR) is 92.6 cm³/mol. The van der Waals surface area contributed by atoms with Crippen molar-refractivity contribution in [1.82, 2.24) is 15.1 Å². The molecule has 2 aliphatic heterocycles. The van der Waals surface area contributed by atoms with Gasteiger partial charge in [-0.1, -0.05) is 18.2 Å². The van der Waals surface area contributed by atoms with Gasteiger partial charge in [-0.15, -0.1) is 0 Å². The Balaban J connectivity index is 1.77. The van der Waals surface area contributed by atoms with Crippen LogP contribution in [0, 0.1) is 5.82 Å². The van der Waals surface area contributed by atoms with Gasteiger partial charge in [0.15, 0.2) is 0 Å². The molecule has 1 aromatic carbocycles. The maximum Gasteiger partial charge on any atom is 0.322 e. The second-order valence-electron chi connectivity index (χ2n) is 6.91. The number of benzene rings is 1. The summed E-state index contributed by atoms with van der Waals surface area (Å²) in [4.78, 5) is 29.3. The van der Waals surface area contributed by atoms with Crippen LogP contribution in [0.5, 0.6) is 0 Å². The van der Waals surface area contributed by atoms with Crippen LogP contribution in [0.2, 0.25) is 0 Å². The van der Waals surface area contributed by atoms with Crippen LogP contribution in [0.4, 0.5) is 9.18 Å². The molecule has 3 amide bonds. The molecule has 1 unspecified atom stereocenters. The van der Waals surface area contributed by atoms with E-state index in [0.717, 1.165) is 12.8 Å². The van der Waals surface area contributed by atoms with Crippen molar-refractivity contribution in [2.24, 2.45) is 0 Å². The lowest BCUT2D eigenvalue weighted by molar-refractivity contribution is -0.131. The molecule has 1 aliphatic carbocycles. The smallest absolute Gasteiger partial charge is 0.322 e. The molecule has 0 bridgehead atoms. The third kappa shape index (κ3) is 2.96. The van der Waals surface area contributed by atoms with E-state index in [-0.39, 0.29) is 18.0 Å². The fraction of sp³-hybridized carbons (Fsp3) is 0.474. The Morgan fingerprint density at radius 1 is 1.23 bits per heavy atom. The summed E-state index contributed by atoms with van der Waals surface area (Å²) in [6, 6.07) is 5.35. The Morgan fingerprint density at radius 3 is 2.58 bits per heavy atom. The number of rotatable bonds is 3. The zero-order valence-corrected chi connectivity index (χ0v) is 14.7. The first-order valence-electron chi connectivity index (χ1n) is 9.00. The molecule has 2 heterocycles. The summed E-state index contributed by atoms with van der Waals surface area (Å²) >= 11 is 0. The van der Waals surface area contributed by atoms with Gasteiger partial charge in [0.25, 0.3) is 5.91 Å². The van der Waals surface area contributed by atoms with Crippen molar-refractivity contribution in [1.29, 1.82) is 0 Å². The summed E-state index contributed by atoms with van der Waals surface area (Å²) < 4.78 is 19.8.